The molecule has 0 radical (unpaired) electrons. The van der Waals surface area contributed by atoms with E-state index in [1.165, 1.54) is 50.2 Å². The molecule has 1 aliphatic heterocycles. The normalized spacial score (nSPS) is 17.3. The van der Waals surface area contributed by atoms with Gasteiger partial charge in [0, 0.05) is 28.1 Å². The van der Waals surface area contributed by atoms with Crippen LogP contribution in [0, 0.1) is 0 Å². The monoisotopic (exact) mass is 424 g/mol. The van der Waals surface area contributed by atoms with Crippen LogP contribution in [-0.2, 0) is 19.3 Å². The summed E-state index contributed by atoms with van der Waals surface area (Å²) in [6.45, 7) is 0. The van der Waals surface area contributed by atoms with Crippen LogP contribution in [0.5, 0.6) is 0 Å². The molecular weight excluding hydrogens is 400 g/mol. The molecule has 0 bridgehead atoms. The van der Waals surface area contributed by atoms with E-state index in [0.29, 0.717) is 0 Å². The molecule has 2 heterocycles. The fourth-order valence-corrected chi connectivity index (χ4v) is 5.62. The molecule has 0 fully saturated rings. The van der Waals surface area contributed by atoms with Gasteiger partial charge in [0.2, 0.25) is 0 Å². The Morgan fingerprint density at radius 1 is 0.667 bits per heavy atom. The van der Waals surface area contributed by atoms with Gasteiger partial charge in [0.1, 0.15) is 0 Å². The van der Waals surface area contributed by atoms with E-state index in [9.17, 15) is 0 Å². The molecule has 4 aromatic rings. The Kier molecular flexibility index (Phi) is 4.13. The van der Waals surface area contributed by atoms with Gasteiger partial charge in [-0.15, -0.1) is 0 Å². The summed E-state index contributed by atoms with van der Waals surface area (Å²) in [5, 5.41) is 0. The molecule has 2 heteroatoms. The van der Waals surface area contributed by atoms with Crippen LogP contribution < -0.4 is 0 Å². The number of nitrogens with zero attached hydrogens (tertiary/aromatic N) is 1. The molecule has 0 saturated carbocycles. The number of benzene rings is 3. The second kappa shape index (κ2) is 7.31. The molecule has 0 atom stereocenters. The van der Waals surface area contributed by atoms with Gasteiger partial charge in [-0.2, -0.15) is 0 Å². The van der Waals surface area contributed by atoms with Crippen molar-refractivity contribution in [2.24, 2.45) is 4.99 Å². The van der Waals surface area contributed by atoms with Crippen LogP contribution >= 0.6 is 0 Å². The first-order valence-electron chi connectivity index (χ1n) is 11.8. The van der Waals surface area contributed by atoms with Gasteiger partial charge < -0.3 is 4.98 Å². The molecule has 1 aromatic heterocycles. The molecule has 158 valence electrons. The van der Waals surface area contributed by atoms with E-state index in [2.05, 4.69) is 96.0 Å². The van der Waals surface area contributed by atoms with Gasteiger partial charge in [-0.1, -0.05) is 78.9 Å². The Morgan fingerprint density at radius 3 is 2.18 bits per heavy atom. The molecule has 0 amide bonds. The minimum absolute atomic E-state index is 1.05. The van der Waals surface area contributed by atoms with Gasteiger partial charge in [0.05, 0.1) is 11.4 Å². The van der Waals surface area contributed by atoms with Crippen LogP contribution in [0.15, 0.2) is 107 Å². The summed E-state index contributed by atoms with van der Waals surface area (Å²) in [5.74, 6) is 0. The maximum atomic E-state index is 5.24. The van der Waals surface area contributed by atoms with Crippen LogP contribution in [0.25, 0.3) is 16.8 Å². The van der Waals surface area contributed by atoms with E-state index in [1.807, 2.05) is 0 Å². The summed E-state index contributed by atoms with van der Waals surface area (Å²) in [7, 11) is 0. The Bertz CT molecular complexity index is 1490. The van der Waals surface area contributed by atoms with Gasteiger partial charge in [-0.3, -0.25) is 0 Å². The lowest BCUT2D eigenvalue weighted by atomic mass is 9.87. The number of H-pyrrole nitrogens is 1. The van der Waals surface area contributed by atoms with Crippen molar-refractivity contribution in [2.45, 2.75) is 25.7 Å². The van der Waals surface area contributed by atoms with Gasteiger partial charge in [0.15, 0.2) is 0 Å². The number of rotatable bonds is 2. The van der Waals surface area contributed by atoms with Crippen molar-refractivity contribution in [3.05, 3.63) is 136 Å². The van der Waals surface area contributed by atoms with Gasteiger partial charge in [-0.25, -0.2) is 4.99 Å². The summed E-state index contributed by atoms with van der Waals surface area (Å²) in [6.07, 6.45) is 6.63. The maximum absolute atomic E-state index is 5.24. The van der Waals surface area contributed by atoms with Crippen molar-refractivity contribution in [3.63, 3.8) is 0 Å². The second-order valence-corrected chi connectivity index (χ2v) is 9.15. The number of aromatic nitrogens is 1. The minimum atomic E-state index is 1.05. The highest BCUT2D eigenvalue weighted by atomic mass is 14.8. The molecule has 7 rings (SSSR count). The predicted molar refractivity (Wildman–Crippen MR) is 135 cm³/mol. The maximum Gasteiger partial charge on any atom is 0.0745 e. The average molecular weight is 425 g/mol. The fourth-order valence-electron chi connectivity index (χ4n) is 5.62. The topological polar surface area (TPSA) is 28.1 Å². The molecule has 2 nitrogen and oxygen atoms in total. The summed E-state index contributed by atoms with van der Waals surface area (Å²) >= 11 is 0. The number of hydrogen-bond donors (Lipinski definition) is 1. The number of nitrogens with one attached hydrogen (secondary N) is 1. The van der Waals surface area contributed by atoms with Crippen LogP contribution in [0.4, 0.5) is 0 Å². The smallest absolute Gasteiger partial charge is 0.0745 e. The van der Waals surface area contributed by atoms with Crippen molar-refractivity contribution in [3.8, 4) is 11.3 Å². The summed E-state index contributed by atoms with van der Waals surface area (Å²) in [5.41, 5.74) is 15.3. The lowest BCUT2D eigenvalue weighted by molar-refractivity contribution is 0.942. The van der Waals surface area contributed by atoms with Crippen LogP contribution in [0.1, 0.15) is 39.9 Å². The average Bonchev–Trinajstić information content (AvgIpc) is 3.50. The SMILES string of the molecule is C1=C2CCc3ccccc3C2=N/C1=C(/c1ccccc1)c1cc2c([nH]1)-c1ccccc1CC2. The van der Waals surface area contributed by atoms with Gasteiger partial charge in [0.25, 0.3) is 0 Å². The highest BCUT2D eigenvalue weighted by Gasteiger charge is 2.27. The Hall–Kier alpha value is -3.91. The first-order chi connectivity index (χ1) is 16.3. The van der Waals surface area contributed by atoms with E-state index < -0.39 is 0 Å². The molecule has 3 aliphatic rings. The minimum Gasteiger partial charge on any atom is -0.354 e. The molecule has 0 spiro atoms. The van der Waals surface area contributed by atoms with Crippen molar-refractivity contribution < 1.29 is 0 Å². The standard InChI is InChI=1S/C31H24N2/c1-2-10-22(11-3-1)29(27-18-23-16-14-20-8-4-6-12-25(20)30(23)32-27)28-19-24-17-15-21-9-5-7-13-26(21)31(24)33-28/h1-13,18-19,32H,14-17H2/b29-28-. The molecular formula is C31H24N2. The van der Waals surface area contributed by atoms with E-state index in [4.69, 9.17) is 4.99 Å². The van der Waals surface area contributed by atoms with Gasteiger partial charge in [-0.05, 0) is 65.7 Å². The zero-order valence-electron chi connectivity index (χ0n) is 18.4. The number of hydrogen-bond acceptors (Lipinski definition) is 1. The third-order valence-corrected chi connectivity index (χ3v) is 7.22. The van der Waals surface area contributed by atoms with Crippen LogP contribution in [0.2, 0.25) is 0 Å². The molecule has 33 heavy (non-hydrogen) atoms. The van der Waals surface area contributed by atoms with Crippen molar-refractivity contribution in [1.29, 1.82) is 0 Å². The predicted octanol–water partition coefficient (Wildman–Crippen LogP) is 6.92. The Morgan fingerprint density at radius 2 is 1.33 bits per heavy atom. The lowest BCUT2D eigenvalue weighted by Gasteiger charge is -2.17. The van der Waals surface area contributed by atoms with E-state index >= 15 is 0 Å². The largest absolute Gasteiger partial charge is 0.354 e. The second-order valence-electron chi connectivity index (χ2n) is 9.15. The Labute approximate surface area is 194 Å². The first kappa shape index (κ1) is 18.6. The highest BCUT2D eigenvalue weighted by Crippen LogP contribution is 2.40. The van der Waals surface area contributed by atoms with E-state index in [0.717, 1.165) is 42.8 Å². The molecule has 3 aromatic carbocycles. The van der Waals surface area contributed by atoms with Crippen LogP contribution in [0.3, 0.4) is 0 Å². The molecule has 0 saturated heterocycles. The lowest BCUT2D eigenvalue weighted by Crippen LogP contribution is -2.12. The van der Waals surface area contributed by atoms with Gasteiger partial charge >= 0.3 is 0 Å². The number of fused-ring (bicyclic) bond motifs is 6. The molecule has 2 aliphatic carbocycles. The van der Waals surface area contributed by atoms with Crippen LogP contribution in [-0.4, -0.2) is 10.7 Å². The third kappa shape index (κ3) is 2.98. The zero-order chi connectivity index (χ0) is 21.8. The summed E-state index contributed by atoms with van der Waals surface area (Å²) < 4.78 is 0. The fraction of sp³-hybridized carbons (Fsp3) is 0.129. The van der Waals surface area contributed by atoms with E-state index in [-0.39, 0.29) is 0 Å². The zero-order valence-corrected chi connectivity index (χ0v) is 18.4. The number of aryl methyl sites for hydroxylation is 3. The van der Waals surface area contributed by atoms with Crippen molar-refractivity contribution in [1.82, 2.24) is 4.98 Å². The van der Waals surface area contributed by atoms with Crippen molar-refractivity contribution in [2.75, 3.05) is 0 Å². The highest BCUT2D eigenvalue weighted by molar-refractivity contribution is 6.17. The van der Waals surface area contributed by atoms with E-state index in [1.54, 1.807) is 0 Å². The number of aromatic amines is 1. The van der Waals surface area contributed by atoms with Crippen molar-refractivity contribution >= 4 is 11.3 Å². The molecule has 1 N–H and O–H groups in total. The summed E-state index contributed by atoms with van der Waals surface area (Å²) in [4.78, 5) is 9.05. The number of aliphatic imine (C=N–C) groups is 1. The molecule has 0 unspecified atom stereocenters. The Balaban J connectivity index is 1.44. The quantitative estimate of drug-likeness (QED) is 0.362. The number of allylic oxidation sites excluding steroid dienone is 2. The summed E-state index contributed by atoms with van der Waals surface area (Å²) in [6, 6.07) is 30.6. The third-order valence-electron chi connectivity index (χ3n) is 7.22. The first-order valence-corrected chi connectivity index (χ1v) is 11.8.